The molecule has 0 radical (unpaired) electrons. The van der Waals surface area contributed by atoms with Crippen molar-refractivity contribution in [3.63, 3.8) is 0 Å². The molecule has 1 aromatic rings. The zero-order chi connectivity index (χ0) is 17.5. The Kier molecular flexibility index (Phi) is 7.24. The predicted molar refractivity (Wildman–Crippen MR) is 90.2 cm³/mol. The van der Waals surface area contributed by atoms with E-state index in [0.717, 1.165) is 12.0 Å². The molecule has 126 valence electrons. The minimum absolute atomic E-state index is 0.155. The van der Waals surface area contributed by atoms with Crippen LogP contribution in [0.5, 0.6) is 0 Å². The fraction of sp³-hybridized carbons (Fsp3) is 0.529. The number of unbranched alkanes of at least 4 members (excludes halogenated alkanes) is 1. The average molecular weight is 336 g/mol. The SMILES string of the molecule is CC(C)Cc1ccc([C@@H](C)C(=O)NS(=O)(=O)CCCC#N)cc1. The highest BCUT2D eigenvalue weighted by molar-refractivity contribution is 7.90. The number of rotatable bonds is 8. The number of carbonyl (C=O) groups excluding carboxylic acids is 1. The van der Waals surface area contributed by atoms with Crippen LogP contribution >= 0.6 is 0 Å². The zero-order valence-electron chi connectivity index (χ0n) is 13.9. The summed E-state index contributed by atoms with van der Waals surface area (Å²) < 4.78 is 25.7. The molecule has 0 aromatic heterocycles. The van der Waals surface area contributed by atoms with Gasteiger partial charge < -0.3 is 0 Å². The summed E-state index contributed by atoms with van der Waals surface area (Å²) in [6, 6.07) is 9.56. The van der Waals surface area contributed by atoms with Crippen LogP contribution in [-0.2, 0) is 21.2 Å². The molecule has 0 unspecified atom stereocenters. The van der Waals surface area contributed by atoms with Gasteiger partial charge in [0, 0.05) is 6.42 Å². The largest absolute Gasteiger partial charge is 0.273 e. The molecule has 1 atom stereocenters. The Labute approximate surface area is 138 Å². The number of benzene rings is 1. The molecular weight excluding hydrogens is 312 g/mol. The van der Waals surface area contributed by atoms with E-state index in [9.17, 15) is 13.2 Å². The summed E-state index contributed by atoms with van der Waals surface area (Å²) in [4.78, 5) is 12.1. The van der Waals surface area contributed by atoms with Gasteiger partial charge in [-0.25, -0.2) is 8.42 Å². The number of sulfonamides is 1. The van der Waals surface area contributed by atoms with Gasteiger partial charge in [0.25, 0.3) is 0 Å². The lowest BCUT2D eigenvalue weighted by atomic mass is 9.96. The Bertz CT molecular complexity index is 658. The molecule has 1 amide bonds. The number of amides is 1. The Morgan fingerprint density at radius 1 is 1.22 bits per heavy atom. The van der Waals surface area contributed by atoms with E-state index < -0.39 is 21.8 Å². The van der Waals surface area contributed by atoms with Gasteiger partial charge in [-0.3, -0.25) is 9.52 Å². The van der Waals surface area contributed by atoms with Crippen LogP contribution in [-0.4, -0.2) is 20.1 Å². The summed E-state index contributed by atoms with van der Waals surface area (Å²) >= 11 is 0. The van der Waals surface area contributed by atoms with Crippen LogP contribution in [0, 0.1) is 17.2 Å². The van der Waals surface area contributed by atoms with Crippen molar-refractivity contribution in [2.45, 2.75) is 46.0 Å². The Hall–Kier alpha value is -1.87. The van der Waals surface area contributed by atoms with Crippen LogP contribution in [0.4, 0.5) is 0 Å². The zero-order valence-corrected chi connectivity index (χ0v) is 14.7. The van der Waals surface area contributed by atoms with E-state index >= 15 is 0 Å². The molecule has 0 saturated carbocycles. The van der Waals surface area contributed by atoms with E-state index in [1.165, 1.54) is 5.56 Å². The van der Waals surface area contributed by atoms with Gasteiger partial charge in [-0.15, -0.1) is 0 Å². The van der Waals surface area contributed by atoms with Gasteiger partial charge in [0.2, 0.25) is 15.9 Å². The van der Waals surface area contributed by atoms with E-state index in [0.29, 0.717) is 5.92 Å². The van der Waals surface area contributed by atoms with E-state index in [-0.39, 0.29) is 18.6 Å². The van der Waals surface area contributed by atoms with Crippen molar-refractivity contribution in [3.8, 4) is 6.07 Å². The highest BCUT2D eigenvalue weighted by Gasteiger charge is 2.21. The highest BCUT2D eigenvalue weighted by Crippen LogP contribution is 2.18. The number of nitrogens with one attached hydrogen (secondary N) is 1. The number of hydrogen-bond donors (Lipinski definition) is 1. The third-order valence-corrected chi connectivity index (χ3v) is 4.81. The number of nitrogens with zero attached hydrogens (tertiary/aromatic N) is 1. The molecule has 5 nitrogen and oxygen atoms in total. The van der Waals surface area contributed by atoms with Crippen LogP contribution in [0.15, 0.2) is 24.3 Å². The van der Waals surface area contributed by atoms with Gasteiger partial charge in [0.05, 0.1) is 17.7 Å². The van der Waals surface area contributed by atoms with Crippen molar-refractivity contribution in [1.29, 1.82) is 5.26 Å². The van der Waals surface area contributed by atoms with Crippen LogP contribution < -0.4 is 4.72 Å². The molecule has 0 heterocycles. The van der Waals surface area contributed by atoms with Crippen molar-refractivity contribution in [3.05, 3.63) is 35.4 Å². The molecule has 0 aliphatic carbocycles. The maximum atomic E-state index is 12.1. The van der Waals surface area contributed by atoms with E-state index in [2.05, 4.69) is 18.6 Å². The second-order valence-corrected chi connectivity index (χ2v) is 7.95. The van der Waals surface area contributed by atoms with Gasteiger partial charge >= 0.3 is 0 Å². The van der Waals surface area contributed by atoms with E-state index in [4.69, 9.17) is 5.26 Å². The van der Waals surface area contributed by atoms with Crippen molar-refractivity contribution < 1.29 is 13.2 Å². The molecular formula is C17H24N2O3S. The molecule has 0 saturated heterocycles. The first-order valence-corrected chi connectivity index (χ1v) is 9.40. The molecule has 23 heavy (non-hydrogen) atoms. The van der Waals surface area contributed by atoms with Crippen molar-refractivity contribution in [1.82, 2.24) is 4.72 Å². The van der Waals surface area contributed by atoms with Gasteiger partial charge in [0.1, 0.15) is 0 Å². The molecule has 1 aromatic carbocycles. The first kappa shape index (κ1) is 19.2. The molecule has 1 N–H and O–H groups in total. The summed E-state index contributed by atoms with van der Waals surface area (Å²) in [6.07, 6.45) is 1.34. The predicted octanol–water partition coefficient (Wildman–Crippen LogP) is 2.74. The van der Waals surface area contributed by atoms with Gasteiger partial charge in [0.15, 0.2) is 0 Å². The standard InChI is InChI=1S/C17H24N2O3S/c1-13(2)12-15-6-8-16(9-7-15)14(3)17(20)19-23(21,22)11-5-4-10-18/h6-9,13-14H,4-5,11-12H2,1-3H3,(H,19,20)/t14-/m1/s1. The lowest BCUT2D eigenvalue weighted by Crippen LogP contribution is -2.35. The van der Waals surface area contributed by atoms with E-state index in [1.54, 1.807) is 6.92 Å². The van der Waals surface area contributed by atoms with Crippen molar-refractivity contribution in [2.75, 3.05) is 5.75 Å². The smallest absolute Gasteiger partial charge is 0.240 e. The first-order valence-electron chi connectivity index (χ1n) is 7.75. The van der Waals surface area contributed by atoms with Crippen molar-refractivity contribution >= 4 is 15.9 Å². The van der Waals surface area contributed by atoms with Gasteiger partial charge in [-0.2, -0.15) is 5.26 Å². The lowest BCUT2D eigenvalue weighted by Gasteiger charge is -2.13. The fourth-order valence-corrected chi connectivity index (χ4v) is 3.31. The van der Waals surface area contributed by atoms with Gasteiger partial charge in [-0.1, -0.05) is 38.1 Å². The van der Waals surface area contributed by atoms with Crippen LogP contribution in [0.3, 0.4) is 0 Å². The molecule has 6 heteroatoms. The molecule has 0 spiro atoms. The van der Waals surface area contributed by atoms with E-state index in [1.807, 2.05) is 30.3 Å². The third-order valence-electron chi connectivity index (χ3n) is 3.47. The summed E-state index contributed by atoms with van der Waals surface area (Å²) in [5, 5.41) is 8.43. The Morgan fingerprint density at radius 2 is 1.83 bits per heavy atom. The molecule has 0 aliphatic rings. The summed E-state index contributed by atoms with van der Waals surface area (Å²) in [5.41, 5.74) is 1.97. The molecule has 0 aliphatic heterocycles. The van der Waals surface area contributed by atoms with Crippen LogP contribution in [0.25, 0.3) is 0 Å². The summed E-state index contributed by atoms with van der Waals surface area (Å²) in [7, 11) is -3.68. The number of hydrogen-bond acceptors (Lipinski definition) is 4. The van der Waals surface area contributed by atoms with Gasteiger partial charge in [-0.05, 0) is 36.8 Å². The number of carbonyl (C=O) groups is 1. The fourth-order valence-electron chi connectivity index (χ4n) is 2.20. The quantitative estimate of drug-likeness (QED) is 0.739. The monoisotopic (exact) mass is 336 g/mol. The first-order chi connectivity index (χ1) is 10.7. The minimum atomic E-state index is -3.68. The van der Waals surface area contributed by atoms with Crippen molar-refractivity contribution in [2.24, 2.45) is 5.92 Å². The third kappa shape index (κ3) is 6.83. The average Bonchev–Trinajstić information content (AvgIpc) is 2.46. The number of nitriles is 1. The second-order valence-electron chi connectivity index (χ2n) is 6.11. The highest BCUT2D eigenvalue weighted by atomic mass is 32.2. The topological polar surface area (TPSA) is 87.0 Å². The molecule has 0 bridgehead atoms. The summed E-state index contributed by atoms with van der Waals surface area (Å²) in [6.45, 7) is 5.96. The summed E-state index contributed by atoms with van der Waals surface area (Å²) in [5.74, 6) is -0.751. The minimum Gasteiger partial charge on any atom is -0.273 e. The lowest BCUT2D eigenvalue weighted by molar-refractivity contribution is -0.120. The second kappa shape index (κ2) is 8.68. The molecule has 1 rings (SSSR count). The molecule has 0 fully saturated rings. The maximum absolute atomic E-state index is 12.1. The Balaban J connectivity index is 2.67. The van der Waals surface area contributed by atoms with Crippen LogP contribution in [0.2, 0.25) is 0 Å². The van der Waals surface area contributed by atoms with Crippen LogP contribution in [0.1, 0.15) is 50.7 Å². The normalized spacial score (nSPS) is 12.7. The Morgan fingerprint density at radius 3 is 2.35 bits per heavy atom. The maximum Gasteiger partial charge on any atom is 0.240 e.